The molecule has 0 radical (unpaired) electrons. The van der Waals surface area contributed by atoms with Gasteiger partial charge in [0, 0.05) is 41.7 Å². The molecule has 2 heterocycles. The summed E-state index contributed by atoms with van der Waals surface area (Å²) in [6.07, 6.45) is 1.51. The van der Waals surface area contributed by atoms with E-state index in [9.17, 15) is 13.6 Å². The van der Waals surface area contributed by atoms with E-state index < -0.39 is 11.8 Å². The van der Waals surface area contributed by atoms with Gasteiger partial charge in [-0.25, -0.2) is 9.37 Å². The Balaban J connectivity index is 1.59. The molecule has 0 fully saturated rings. The van der Waals surface area contributed by atoms with Gasteiger partial charge in [-0.2, -0.15) is 4.39 Å². The summed E-state index contributed by atoms with van der Waals surface area (Å²) in [4.78, 5) is 20.7. The Morgan fingerprint density at radius 1 is 1.06 bits per heavy atom. The third-order valence-corrected chi connectivity index (χ3v) is 5.15. The number of hydrogen-bond donors (Lipinski definition) is 1. The van der Waals surface area contributed by atoms with Gasteiger partial charge in [-0.1, -0.05) is 6.07 Å². The van der Waals surface area contributed by atoms with Gasteiger partial charge in [-0.15, -0.1) is 0 Å². The maximum Gasteiger partial charge on any atom is 0.251 e. The number of ether oxygens (including phenoxy) is 2. The Labute approximate surface area is 189 Å². The van der Waals surface area contributed by atoms with Crippen LogP contribution in [0, 0.1) is 25.6 Å². The van der Waals surface area contributed by atoms with Gasteiger partial charge in [0.25, 0.3) is 5.91 Å². The Kier molecular flexibility index (Phi) is 6.17. The number of carbonyl (C=O) groups is 1. The molecular formula is C25H21F2N3O3. The number of carbonyl (C=O) groups excluding carboxylic acids is 1. The molecule has 0 spiro atoms. The lowest BCUT2D eigenvalue weighted by Gasteiger charge is -2.14. The largest absolute Gasteiger partial charge is 0.497 e. The topological polar surface area (TPSA) is 73.3 Å². The van der Waals surface area contributed by atoms with Gasteiger partial charge in [-0.05, 0) is 49.7 Å². The molecule has 4 aromatic rings. The number of nitrogens with one attached hydrogen (secondary N) is 1. The molecule has 1 N–H and O–H groups in total. The number of rotatable bonds is 6. The highest BCUT2D eigenvalue weighted by molar-refractivity contribution is 5.96. The fourth-order valence-corrected chi connectivity index (χ4v) is 3.55. The van der Waals surface area contributed by atoms with Gasteiger partial charge in [0.15, 0.2) is 0 Å². The third kappa shape index (κ3) is 4.74. The minimum atomic E-state index is -0.597. The third-order valence-electron chi connectivity index (χ3n) is 5.15. The van der Waals surface area contributed by atoms with Crippen LogP contribution in [0.2, 0.25) is 0 Å². The average Bonchev–Trinajstić information content (AvgIpc) is 2.78. The normalized spacial score (nSPS) is 10.8. The van der Waals surface area contributed by atoms with E-state index in [1.165, 1.54) is 25.4 Å². The molecule has 168 valence electrons. The number of nitrogens with zero attached hydrogens (tertiary/aromatic N) is 2. The number of hydrogen-bond acceptors (Lipinski definition) is 5. The Bertz CT molecular complexity index is 1340. The smallest absolute Gasteiger partial charge is 0.251 e. The number of aryl methyl sites for hydroxylation is 1. The molecule has 6 nitrogen and oxygen atoms in total. The van der Waals surface area contributed by atoms with E-state index in [2.05, 4.69) is 15.3 Å². The highest BCUT2D eigenvalue weighted by Gasteiger charge is 2.16. The number of fused-ring (bicyclic) bond motifs is 1. The Morgan fingerprint density at radius 2 is 1.88 bits per heavy atom. The fraction of sp³-hybridized carbons (Fsp3) is 0.160. The van der Waals surface area contributed by atoms with Crippen molar-refractivity contribution in [1.82, 2.24) is 15.3 Å². The minimum Gasteiger partial charge on any atom is -0.497 e. The molecule has 2 aromatic heterocycles. The standard InChI is InChI=1S/C25H21F2N3O3/c1-14-9-16(10-23(27)30-14)13-29-25(31)18-5-4-6-21(15(18)2)33-22-7-8-28-20-12-17(32-3)11-19(26)24(20)22/h4-12H,13H2,1-3H3,(H,29,31). The molecule has 4 rings (SSSR count). The van der Waals surface area contributed by atoms with Gasteiger partial charge >= 0.3 is 0 Å². The average molecular weight is 449 g/mol. The Hall–Kier alpha value is -4.07. The zero-order valence-corrected chi connectivity index (χ0v) is 18.3. The van der Waals surface area contributed by atoms with E-state index in [4.69, 9.17) is 9.47 Å². The maximum absolute atomic E-state index is 14.7. The Morgan fingerprint density at radius 3 is 2.64 bits per heavy atom. The summed E-state index contributed by atoms with van der Waals surface area (Å²) in [6.45, 7) is 3.57. The van der Waals surface area contributed by atoms with E-state index in [1.807, 2.05) is 0 Å². The number of methoxy groups -OCH3 is 1. The molecule has 0 aliphatic carbocycles. The van der Waals surface area contributed by atoms with Crippen molar-refractivity contribution in [3.8, 4) is 17.2 Å². The van der Waals surface area contributed by atoms with Gasteiger partial charge in [0.1, 0.15) is 23.1 Å². The second-order valence-corrected chi connectivity index (χ2v) is 7.47. The van der Waals surface area contributed by atoms with Crippen molar-refractivity contribution in [3.05, 3.63) is 88.9 Å². The van der Waals surface area contributed by atoms with Crippen LogP contribution in [0.25, 0.3) is 10.9 Å². The van der Waals surface area contributed by atoms with E-state index in [0.29, 0.717) is 39.4 Å². The van der Waals surface area contributed by atoms with Crippen molar-refractivity contribution in [2.75, 3.05) is 7.11 Å². The van der Waals surface area contributed by atoms with Crippen LogP contribution in [0.5, 0.6) is 17.2 Å². The molecule has 0 aliphatic heterocycles. The second kappa shape index (κ2) is 9.20. The zero-order valence-electron chi connectivity index (χ0n) is 18.3. The summed E-state index contributed by atoms with van der Waals surface area (Å²) < 4.78 is 39.3. The highest BCUT2D eigenvalue weighted by atomic mass is 19.1. The summed E-state index contributed by atoms with van der Waals surface area (Å²) in [6, 6.07) is 12.4. The number of benzene rings is 2. The quantitative estimate of drug-likeness (QED) is 0.407. The van der Waals surface area contributed by atoms with Crippen LogP contribution in [0.4, 0.5) is 8.78 Å². The highest BCUT2D eigenvalue weighted by Crippen LogP contribution is 2.35. The molecule has 2 aromatic carbocycles. The molecule has 1 amide bonds. The first-order valence-electron chi connectivity index (χ1n) is 10.2. The first kappa shape index (κ1) is 22.1. The van der Waals surface area contributed by atoms with Crippen molar-refractivity contribution in [1.29, 1.82) is 0 Å². The number of halogens is 2. The number of aromatic nitrogens is 2. The molecular weight excluding hydrogens is 428 g/mol. The summed E-state index contributed by atoms with van der Waals surface area (Å²) in [5.74, 6) is -0.453. The monoisotopic (exact) mass is 449 g/mol. The molecule has 0 atom stereocenters. The number of pyridine rings is 2. The van der Waals surface area contributed by atoms with E-state index in [-0.39, 0.29) is 23.6 Å². The lowest BCUT2D eigenvalue weighted by molar-refractivity contribution is 0.0950. The zero-order chi connectivity index (χ0) is 23.5. The van der Waals surface area contributed by atoms with Crippen molar-refractivity contribution < 1.29 is 23.0 Å². The van der Waals surface area contributed by atoms with E-state index in [0.717, 1.165) is 0 Å². The molecule has 33 heavy (non-hydrogen) atoms. The molecule has 0 saturated carbocycles. The van der Waals surface area contributed by atoms with Crippen molar-refractivity contribution in [2.45, 2.75) is 20.4 Å². The van der Waals surface area contributed by atoms with E-state index in [1.54, 1.807) is 50.2 Å². The van der Waals surface area contributed by atoms with Gasteiger partial charge in [-0.3, -0.25) is 9.78 Å². The van der Waals surface area contributed by atoms with Crippen LogP contribution in [0.15, 0.2) is 54.7 Å². The fourth-order valence-electron chi connectivity index (χ4n) is 3.55. The van der Waals surface area contributed by atoms with Gasteiger partial charge in [0.2, 0.25) is 5.95 Å². The molecule has 8 heteroatoms. The van der Waals surface area contributed by atoms with Gasteiger partial charge in [0.05, 0.1) is 18.0 Å². The van der Waals surface area contributed by atoms with Crippen molar-refractivity contribution in [3.63, 3.8) is 0 Å². The predicted molar refractivity (Wildman–Crippen MR) is 120 cm³/mol. The van der Waals surface area contributed by atoms with Crippen LogP contribution in [0.3, 0.4) is 0 Å². The first-order valence-corrected chi connectivity index (χ1v) is 10.2. The van der Waals surface area contributed by atoms with Crippen LogP contribution >= 0.6 is 0 Å². The minimum absolute atomic E-state index is 0.145. The maximum atomic E-state index is 14.7. The lowest BCUT2D eigenvalue weighted by Crippen LogP contribution is -2.24. The second-order valence-electron chi connectivity index (χ2n) is 7.47. The summed E-state index contributed by atoms with van der Waals surface area (Å²) in [5, 5.41) is 2.99. The molecule has 0 aliphatic rings. The predicted octanol–water partition coefficient (Wildman–Crippen LogP) is 5.26. The molecule has 0 saturated heterocycles. The first-order chi connectivity index (χ1) is 15.9. The van der Waals surface area contributed by atoms with Crippen molar-refractivity contribution in [2.24, 2.45) is 0 Å². The summed E-state index contributed by atoms with van der Waals surface area (Å²) >= 11 is 0. The van der Waals surface area contributed by atoms with Crippen molar-refractivity contribution >= 4 is 16.8 Å². The van der Waals surface area contributed by atoms with Crippen LogP contribution in [-0.2, 0) is 6.54 Å². The molecule has 0 bridgehead atoms. The summed E-state index contributed by atoms with van der Waals surface area (Å²) in [5.41, 5.74) is 2.48. The SMILES string of the molecule is COc1cc(F)c2c(Oc3cccc(C(=O)NCc4cc(C)nc(F)c4)c3C)ccnc2c1. The van der Waals surface area contributed by atoms with E-state index >= 15 is 0 Å². The lowest BCUT2D eigenvalue weighted by atomic mass is 10.1. The summed E-state index contributed by atoms with van der Waals surface area (Å²) in [7, 11) is 1.45. The van der Waals surface area contributed by atoms with Crippen LogP contribution in [-0.4, -0.2) is 23.0 Å². The van der Waals surface area contributed by atoms with Crippen LogP contribution < -0.4 is 14.8 Å². The van der Waals surface area contributed by atoms with Crippen LogP contribution in [0.1, 0.15) is 27.2 Å². The molecule has 0 unspecified atom stereocenters. The number of amides is 1. The van der Waals surface area contributed by atoms with Gasteiger partial charge < -0.3 is 14.8 Å².